The Morgan fingerprint density at radius 1 is 1.38 bits per heavy atom. The van der Waals surface area contributed by atoms with Gasteiger partial charge in [0.1, 0.15) is 5.82 Å². The van der Waals surface area contributed by atoms with Crippen LogP contribution in [0.2, 0.25) is 0 Å². The van der Waals surface area contributed by atoms with Gasteiger partial charge in [0, 0.05) is 7.05 Å². The molecule has 6 nitrogen and oxygen atoms in total. The number of nitrogens with one attached hydrogen (secondary N) is 1. The lowest BCUT2D eigenvalue weighted by Gasteiger charge is -2.31. The third-order valence-corrected chi connectivity index (χ3v) is 4.00. The number of halogens is 1. The first-order valence-electron chi connectivity index (χ1n) is 6.64. The third kappa shape index (κ3) is 2.14. The summed E-state index contributed by atoms with van der Waals surface area (Å²) in [4.78, 5) is 23.1. The van der Waals surface area contributed by atoms with Crippen LogP contribution in [0.3, 0.4) is 0 Å². The van der Waals surface area contributed by atoms with Crippen molar-refractivity contribution in [3.05, 3.63) is 24.0 Å². The average Bonchev–Trinajstić information content (AvgIpc) is 2.65. The van der Waals surface area contributed by atoms with E-state index in [4.69, 9.17) is 5.11 Å². The summed E-state index contributed by atoms with van der Waals surface area (Å²) in [6.07, 6.45) is 1.01. The third-order valence-electron chi connectivity index (χ3n) is 4.00. The van der Waals surface area contributed by atoms with Crippen molar-refractivity contribution in [2.24, 2.45) is 18.9 Å². The number of aromatic nitrogens is 2. The van der Waals surface area contributed by atoms with Gasteiger partial charge in [-0.2, -0.15) is 5.10 Å². The molecule has 1 amide bonds. The van der Waals surface area contributed by atoms with Gasteiger partial charge in [-0.3, -0.25) is 14.3 Å². The number of aliphatic carboxylic acids is 1. The summed E-state index contributed by atoms with van der Waals surface area (Å²) >= 11 is 0. The second kappa shape index (κ2) is 4.83. The molecule has 7 heteroatoms. The van der Waals surface area contributed by atoms with Gasteiger partial charge in [-0.25, -0.2) is 4.39 Å². The maximum Gasteiger partial charge on any atom is 0.307 e. The minimum Gasteiger partial charge on any atom is -0.481 e. The van der Waals surface area contributed by atoms with Crippen LogP contribution in [0.15, 0.2) is 18.2 Å². The molecule has 0 radical (unpaired) electrons. The molecule has 0 spiro atoms. The van der Waals surface area contributed by atoms with Crippen molar-refractivity contribution in [2.75, 3.05) is 5.32 Å². The number of rotatable bonds is 3. The summed E-state index contributed by atoms with van der Waals surface area (Å²) in [5, 5.41) is 15.9. The molecule has 0 bridgehead atoms. The van der Waals surface area contributed by atoms with Crippen LogP contribution in [-0.4, -0.2) is 26.8 Å². The summed E-state index contributed by atoms with van der Waals surface area (Å²) in [7, 11) is 1.65. The summed E-state index contributed by atoms with van der Waals surface area (Å²) in [5.41, 5.74) is 0.564. The minimum atomic E-state index is -0.974. The van der Waals surface area contributed by atoms with E-state index in [2.05, 4.69) is 10.4 Å². The predicted molar refractivity (Wildman–Crippen MR) is 73.2 cm³/mol. The monoisotopic (exact) mass is 291 g/mol. The minimum absolute atomic E-state index is 0.131. The molecule has 21 heavy (non-hydrogen) atoms. The quantitative estimate of drug-likeness (QED) is 0.902. The molecular formula is C14H14FN3O3. The number of fused-ring (bicyclic) bond motifs is 1. The first-order valence-corrected chi connectivity index (χ1v) is 6.64. The van der Waals surface area contributed by atoms with Gasteiger partial charge < -0.3 is 10.4 Å². The summed E-state index contributed by atoms with van der Waals surface area (Å²) in [5.74, 6) is -2.97. The fourth-order valence-electron chi connectivity index (χ4n) is 2.68. The molecular weight excluding hydrogens is 277 g/mol. The molecule has 3 rings (SSSR count). The lowest BCUT2D eigenvalue weighted by molar-refractivity contribution is -0.151. The number of carbonyl (C=O) groups is 2. The van der Waals surface area contributed by atoms with E-state index < -0.39 is 29.5 Å². The second-order valence-electron chi connectivity index (χ2n) is 5.22. The number of carboxylic acids is 1. The van der Waals surface area contributed by atoms with Gasteiger partial charge in [-0.1, -0.05) is 6.07 Å². The standard InChI is InChI=1S/C14H14FN3O3/c1-18-10-4-2-3-9(15)11(10)12(17-18)16-13(19)7-5-6-8(7)14(20)21/h2-4,7-8H,5-6H2,1H3,(H,20,21)(H,16,17,19)/t7-,8+/m0/s1. The molecule has 0 saturated heterocycles. The predicted octanol–water partition coefficient (Wildman–Crippen LogP) is 1.76. The lowest BCUT2D eigenvalue weighted by atomic mass is 9.73. The number of benzene rings is 1. The van der Waals surface area contributed by atoms with E-state index in [1.807, 2.05) is 0 Å². The Hall–Kier alpha value is -2.44. The Morgan fingerprint density at radius 2 is 2.10 bits per heavy atom. The highest BCUT2D eigenvalue weighted by Gasteiger charge is 2.41. The zero-order chi connectivity index (χ0) is 15.1. The molecule has 1 fully saturated rings. The number of amides is 1. The van der Waals surface area contributed by atoms with E-state index in [1.165, 1.54) is 10.7 Å². The Kier molecular flexibility index (Phi) is 3.12. The summed E-state index contributed by atoms with van der Waals surface area (Å²) < 4.78 is 15.4. The molecule has 110 valence electrons. The largest absolute Gasteiger partial charge is 0.481 e. The lowest BCUT2D eigenvalue weighted by Crippen LogP contribution is -2.41. The van der Waals surface area contributed by atoms with E-state index in [0.717, 1.165) is 0 Å². The molecule has 0 unspecified atom stereocenters. The molecule has 1 saturated carbocycles. The first-order chi connectivity index (χ1) is 9.99. The molecule has 2 atom stereocenters. The second-order valence-corrected chi connectivity index (χ2v) is 5.22. The van der Waals surface area contributed by atoms with Crippen molar-refractivity contribution >= 4 is 28.6 Å². The Labute approximate surface area is 119 Å². The van der Waals surface area contributed by atoms with Crippen molar-refractivity contribution in [3.63, 3.8) is 0 Å². The smallest absolute Gasteiger partial charge is 0.307 e. The summed E-state index contributed by atoms with van der Waals surface area (Å²) in [6, 6.07) is 4.56. The van der Waals surface area contributed by atoms with E-state index >= 15 is 0 Å². The Morgan fingerprint density at radius 3 is 2.71 bits per heavy atom. The maximum absolute atomic E-state index is 13.9. The highest BCUT2D eigenvalue weighted by Crippen LogP contribution is 2.36. The van der Waals surface area contributed by atoms with E-state index in [9.17, 15) is 14.0 Å². The first kappa shape index (κ1) is 13.5. The van der Waals surface area contributed by atoms with E-state index in [1.54, 1.807) is 19.2 Å². The van der Waals surface area contributed by atoms with Gasteiger partial charge in [0.2, 0.25) is 5.91 Å². The topological polar surface area (TPSA) is 84.2 Å². The molecule has 1 aromatic heterocycles. The van der Waals surface area contributed by atoms with Crippen LogP contribution in [0.25, 0.3) is 10.9 Å². The molecule has 2 aromatic rings. The molecule has 1 heterocycles. The van der Waals surface area contributed by atoms with Crippen molar-refractivity contribution in [2.45, 2.75) is 12.8 Å². The van der Waals surface area contributed by atoms with Crippen LogP contribution in [0.1, 0.15) is 12.8 Å². The highest BCUT2D eigenvalue weighted by atomic mass is 19.1. The van der Waals surface area contributed by atoms with Crippen LogP contribution in [-0.2, 0) is 16.6 Å². The number of nitrogens with zero attached hydrogens (tertiary/aromatic N) is 2. The van der Waals surface area contributed by atoms with Crippen LogP contribution >= 0.6 is 0 Å². The fourth-order valence-corrected chi connectivity index (χ4v) is 2.68. The van der Waals surface area contributed by atoms with Crippen molar-refractivity contribution in [1.29, 1.82) is 0 Å². The van der Waals surface area contributed by atoms with Crippen molar-refractivity contribution in [3.8, 4) is 0 Å². The number of carbonyl (C=O) groups excluding carboxylic acids is 1. The van der Waals surface area contributed by atoms with Gasteiger partial charge in [0.15, 0.2) is 5.82 Å². The van der Waals surface area contributed by atoms with Crippen LogP contribution in [0.5, 0.6) is 0 Å². The van der Waals surface area contributed by atoms with Gasteiger partial charge in [-0.05, 0) is 25.0 Å². The molecule has 1 aromatic carbocycles. The van der Waals surface area contributed by atoms with Crippen LogP contribution in [0, 0.1) is 17.7 Å². The highest BCUT2D eigenvalue weighted by molar-refractivity contribution is 6.02. The van der Waals surface area contributed by atoms with Crippen LogP contribution in [0.4, 0.5) is 10.2 Å². The molecule has 1 aliphatic carbocycles. The number of aryl methyl sites for hydroxylation is 1. The Balaban J connectivity index is 1.89. The number of anilines is 1. The average molecular weight is 291 g/mol. The molecule has 2 N–H and O–H groups in total. The molecule has 1 aliphatic rings. The van der Waals surface area contributed by atoms with Crippen molar-refractivity contribution in [1.82, 2.24) is 9.78 Å². The van der Waals surface area contributed by atoms with E-state index in [0.29, 0.717) is 18.4 Å². The van der Waals surface area contributed by atoms with E-state index in [-0.39, 0.29) is 11.2 Å². The normalized spacial score (nSPS) is 21.0. The zero-order valence-electron chi connectivity index (χ0n) is 11.3. The van der Waals surface area contributed by atoms with Gasteiger partial charge in [-0.15, -0.1) is 0 Å². The van der Waals surface area contributed by atoms with Crippen molar-refractivity contribution < 1.29 is 19.1 Å². The number of carboxylic acid groups (broad SMARTS) is 1. The Bertz CT molecular complexity index is 740. The molecule has 0 aliphatic heterocycles. The van der Waals surface area contributed by atoms with Gasteiger partial charge >= 0.3 is 5.97 Å². The SMILES string of the molecule is Cn1nc(NC(=O)[C@H]2CC[C@H]2C(=O)O)c2c(F)cccc21. The maximum atomic E-state index is 13.9. The van der Waals surface area contributed by atoms with Gasteiger partial charge in [0.25, 0.3) is 0 Å². The number of hydrogen-bond donors (Lipinski definition) is 2. The fraction of sp³-hybridized carbons (Fsp3) is 0.357. The van der Waals surface area contributed by atoms with Gasteiger partial charge in [0.05, 0.1) is 22.7 Å². The van der Waals surface area contributed by atoms with Crippen LogP contribution < -0.4 is 5.32 Å². The zero-order valence-corrected chi connectivity index (χ0v) is 11.3. The summed E-state index contributed by atoms with van der Waals surface area (Å²) in [6.45, 7) is 0. The number of hydrogen-bond acceptors (Lipinski definition) is 3.